The molecular formula is C23H16N4O2S. The van der Waals surface area contributed by atoms with Crippen LogP contribution in [0.2, 0.25) is 0 Å². The van der Waals surface area contributed by atoms with Crippen LogP contribution in [0.3, 0.4) is 0 Å². The highest BCUT2D eigenvalue weighted by Gasteiger charge is 2.09. The summed E-state index contributed by atoms with van der Waals surface area (Å²) in [7, 11) is 0. The number of fused-ring (bicyclic) bond motifs is 2. The van der Waals surface area contributed by atoms with E-state index in [0.29, 0.717) is 16.4 Å². The van der Waals surface area contributed by atoms with Crippen molar-refractivity contribution in [2.75, 3.05) is 0 Å². The Hall–Kier alpha value is -3.84. The molecule has 0 spiro atoms. The van der Waals surface area contributed by atoms with Crippen molar-refractivity contribution in [3.63, 3.8) is 0 Å². The van der Waals surface area contributed by atoms with Crippen LogP contribution in [-0.2, 0) is 0 Å². The maximum Gasteiger partial charge on any atom is 0.271 e. The molecule has 5 rings (SSSR count). The molecule has 146 valence electrons. The Morgan fingerprint density at radius 1 is 1.00 bits per heavy atom. The molecule has 0 unspecified atom stereocenters. The van der Waals surface area contributed by atoms with Gasteiger partial charge >= 0.3 is 0 Å². The molecule has 0 saturated heterocycles. The van der Waals surface area contributed by atoms with Crippen molar-refractivity contribution in [3.05, 3.63) is 90.2 Å². The standard InChI is InChI=1S/C23H16N4O2S/c28-22(18-9-5-7-15-6-1-2-8-17(15)18)27-24-14-16-12-13-21(29-16)30-23-25-19-10-3-4-11-20(19)26-23/h1-14H,(H,25,26)(H,27,28)/b24-14-. The number of aromatic amines is 1. The summed E-state index contributed by atoms with van der Waals surface area (Å²) in [4.78, 5) is 20.3. The number of nitrogens with one attached hydrogen (secondary N) is 2. The molecule has 6 nitrogen and oxygen atoms in total. The first-order valence-electron chi connectivity index (χ1n) is 9.30. The van der Waals surface area contributed by atoms with Gasteiger partial charge in [-0.25, -0.2) is 10.4 Å². The zero-order chi connectivity index (χ0) is 20.3. The maximum absolute atomic E-state index is 12.5. The fourth-order valence-corrected chi connectivity index (χ4v) is 3.94. The molecule has 30 heavy (non-hydrogen) atoms. The van der Waals surface area contributed by atoms with Crippen molar-refractivity contribution in [1.82, 2.24) is 15.4 Å². The van der Waals surface area contributed by atoms with Gasteiger partial charge < -0.3 is 9.40 Å². The lowest BCUT2D eigenvalue weighted by atomic mass is 10.0. The number of hydrogen-bond acceptors (Lipinski definition) is 5. The van der Waals surface area contributed by atoms with Gasteiger partial charge in [-0.05, 0) is 52.9 Å². The molecule has 0 radical (unpaired) electrons. The molecule has 1 amide bonds. The second-order valence-electron chi connectivity index (χ2n) is 6.54. The molecule has 2 aromatic heterocycles. The Labute approximate surface area is 176 Å². The minimum Gasteiger partial charge on any atom is -0.448 e. The number of aromatic nitrogens is 2. The number of benzene rings is 3. The number of imidazole rings is 1. The quantitative estimate of drug-likeness (QED) is 0.306. The summed E-state index contributed by atoms with van der Waals surface area (Å²) >= 11 is 1.39. The Morgan fingerprint density at radius 2 is 1.83 bits per heavy atom. The Morgan fingerprint density at radius 3 is 2.77 bits per heavy atom. The lowest BCUT2D eigenvalue weighted by Crippen LogP contribution is -2.17. The maximum atomic E-state index is 12.5. The number of carbonyl (C=O) groups excluding carboxylic acids is 1. The van der Waals surface area contributed by atoms with Crippen molar-refractivity contribution < 1.29 is 9.21 Å². The Kier molecular flexibility index (Phi) is 4.78. The molecule has 7 heteroatoms. The molecular weight excluding hydrogens is 396 g/mol. The molecule has 0 aliphatic rings. The van der Waals surface area contributed by atoms with Crippen LogP contribution in [0, 0.1) is 0 Å². The third kappa shape index (κ3) is 3.70. The number of rotatable bonds is 5. The molecule has 0 fully saturated rings. The number of para-hydroxylation sites is 2. The van der Waals surface area contributed by atoms with E-state index >= 15 is 0 Å². The number of hydrogen-bond donors (Lipinski definition) is 2. The lowest BCUT2D eigenvalue weighted by Gasteiger charge is -2.04. The number of hydrazone groups is 1. The minimum atomic E-state index is -0.272. The predicted octanol–water partition coefficient (Wildman–Crippen LogP) is 5.22. The van der Waals surface area contributed by atoms with E-state index in [1.54, 1.807) is 12.1 Å². The highest BCUT2D eigenvalue weighted by molar-refractivity contribution is 7.99. The first kappa shape index (κ1) is 18.2. The van der Waals surface area contributed by atoms with E-state index in [0.717, 1.165) is 27.0 Å². The van der Waals surface area contributed by atoms with Crippen LogP contribution in [0.25, 0.3) is 21.8 Å². The van der Waals surface area contributed by atoms with Gasteiger partial charge in [-0.15, -0.1) is 0 Å². The van der Waals surface area contributed by atoms with Crippen LogP contribution >= 0.6 is 11.8 Å². The monoisotopic (exact) mass is 412 g/mol. The van der Waals surface area contributed by atoms with Gasteiger partial charge in [0.15, 0.2) is 10.2 Å². The minimum absolute atomic E-state index is 0.272. The van der Waals surface area contributed by atoms with Crippen molar-refractivity contribution in [2.45, 2.75) is 10.2 Å². The molecule has 2 heterocycles. The summed E-state index contributed by atoms with van der Waals surface area (Å²) in [6, 6.07) is 24.8. The van der Waals surface area contributed by atoms with Crippen LogP contribution in [-0.4, -0.2) is 22.1 Å². The van der Waals surface area contributed by atoms with Gasteiger partial charge in [-0.1, -0.05) is 48.5 Å². The van der Waals surface area contributed by atoms with Crippen molar-refractivity contribution in [3.8, 4) is 0 Å². The molecule has 0 aliphatic carbocycles. The molecule has 0 bridgehead atoms. The number of furan rings is 1. The molecule has 2 N–H and O–H groups in total. The van der Waals surface area contributed by atoms with E-state index in [9.17, 15) is 4.79 Å². The fourth-order valence-electron chi connectivity index (χ4n) is 3.17. The van der Waals surface area contributed by atoms with Gasteiger partial charge in [0, 0.05) is 5.56 Å². The average molecular weight is 412 g/mol. The van der Waals surface area contributed by atoms with E-state index in [4.69, 9.17) is 4.42 Å². The van der Waals surface area contributed by atoms with Crippen LogP contribution in [0.5, 0.6) is 0 Å². The molecule has 5 aromatic rings. The SMILES string of the molecule is O=C(N/N=C\c1ccc(Sc2nc3ccccc3[nH]2)o1)c1cccc2ccccc12. The van der Waals surface area contributed by atoms with Gasteiger partial charge in [0.2, 0.25) is 0 Å². The second kappa shape index (κ2) is 7.88. The largest absolute Gasteiger partial charge is 0.448 e. The van der Waals surface area contributed by atoms with Gasteiger partial charge in [-0.2, -0.15) is 5.10 Å². The Bertz CT molecular complexity index is 1350. The van der Waals surface area contributed by atoms with Gasteiger partial charge in [0.25, 0.3) is 5.91 Å². The predicted molar refractivity (Wildman–Crippen MR) is 118 cm³/mol. The number of amides is 1. The molecule has 0 atom stereocenters. The lowest BCUT2D eigenvalue weighted by molar-refractivity contribution is 0.0957. The summed E-state index contributed by atoms with van der Waals surface area (Å²) in [5, 5.41) is 7.35. The van der Waals surface area contributed by atoms with Crippen LogP contribution < -0.4 is 5.43 Å². The van der Waals surface area contributed by atoms with Crippen LogP contribution in [0.1, 0.15) is 16.1 Å². The number of nitrogens with zero attached hydrogens (tertiary/aromatic N) is 2. The third-order valence-corrected chi connectivity index (χ3v) is 5.37. The number of carbonyl (C=O) groups is 1. The van der Waals surface area contributed by atoms with E-state index < -0.39 is 0 Å². The summed E-state index contributed by atoms with van der Waals surface area (Å²) in [6.45, 7) is 0. The van der Waals surface area contributed by atoms with Crippen molar-refractivity contribution in [2.24, 2.45) is 5.10 Å². The summed E-state index contributed by atoms with van der Waals surface area (Å²) in [6.07, 6.45) is 1.48. The van der Waals surface area contributed by atoms with Gasteiger partial charge in [0.05, 0.1) is 17.2 Å². The molecule has 3 aromatic carbocycles. The van der Waals surface area contributed by atoms with E-state index in [1.807, 2.05) is 66.7 Å². The van der Waals surface area contributed by atoms with E-state index in [-0.39, 0.29) is 5.91 Å². The first-order chi connectivity index (χ1) is 14.8. The second-order valence-corrected chi connectivity index (χ2v) is 7.54. The summed E-state index contributed by atoms with van der Waals surface area (Å²) in [5.41, 5.74) is 5.02. The highest BCUT2D eigenvalue weighted by Crippen LogP contribution is 2.28. The third-order valence-electron chi connectivity index (χ3n) is 4.56. The van der Waals surface area contributed by atoms with E-state index in [1.165, 1.54) is 18.0 Å². The molecule has 0 saturated carbocycles. The summed E-state index contributed by atoms with van der Waals surface area (Å²) < 4.78 is 5.74. The number of H-pyrrole nitrogens is 1. The van der Waals surface area contributed by atoms with Crippen LogP contribution in [0.15, 0.2) is 98.6 Å². The highest BCUT2D eigenvalue weighted by atomic mass is 32.2. The first-order valence-corrected chi connectivity index (χ1v) is 10.1. The average Bonchev–Trinajstić information content (AvgIpc) is 3.39. The smallest absolute Gasteiger partial charge is 0.271 e. The van der Waals surface area contributed by atoms with Gasteiger partial charge in [-0.3, -0.25) is 4.79 Å². The van der Waals surface area contributed by atoms with Gasteiger partial charge in [0.1, 0.15) is 5.76 Å². The normalized spacial score (nSPS) is 11.5. The zero-order valence-electron chi connectivity index (χ0n) is 15.7. The van der Waals surface area contributed by atoms with Crippen LogP contribution in [0.4, 0.5) is 0 Å². The fraction of sp³-hybridized carbons (Fsp3) is 0. The Balaban J connectivity index is 1.26. The van der Waals surface area contributed by atoms with Crippen molar-refractivity contribution in [1.29, 1.82) is 0 Å². The summed E-state index contributed by atoms with van der Waals surface area (Å²) in [5.74, 6) is 0.262. The molecule has 0 aliphatic heterocycles. The topological polar surface area (TPSA) is 83.3 Å². The zero-order valence-corrected chi connectivity index (χ0v) is 16.5. The van der Waals surface area contributed by atoms with E-state index in [2.05, 4.69) is 20.5 Å². The van der Waals surface area contributed by atoms with Crippen molar-refractivity contribution >= 4 is 45.7 Å².